The van der Waals surface area contributed by atoms with E-state index in [0.29, 0.717) is 10.0 Å². The topological polar surface area (TPSA) is 42.7 Å². The molecule has 0 spiro atoms. The van der Waals surface area contributed by atoms with Crippen LogP contribution in [-0.2, 0) is 13.5 Å². The molecule has 2 aromatic rings. The van der Waals surface area contributed by atoms with Crippen LogP contribution in [0.5, 0.6) is 0 Å². The van der Waals surface area contributed by atoms with Crippen molar-refractivity contribution in [2.45, 2.75) is 32.7 Å². The van der Waals surface area contributed by atoms with Gasteiger partial charge in [0, 0.05) is 25.4 Å². The first-order valence-corrected chi connectivity index (χ1v) is 7.80. The Morgan fingerprint density at radius 3 is 2.67 bits per heavy atom. The number of rotatable bonds is 6. The maximum absolute atomic E-state index is 6.31. The molecular formula is C15H20Cl2N4. The highest BCUT2D eigenvalue weighted by Crippen LogP contribution is 2.26. The lowest BCUT2D eigenvalue weighted by molar-refractivity contribution is 0.502. The Balaban J connectivity index is 2.27. The Morgan fingerprint density at radius 2 is 2.10 bits per heavy atom. The Bertz CT molecular complexity index is 610. The van der Waals surface area contributed by atoms with Crippen molar-refractivity contribution in [3.8, 4) is 0 Å². The maximum Gasteiger partial charge on any atom is 0.0764 e. The number of hydrogen-bond donors (Lipinski definition) is 1. The van der Waals surface area contributed by atoms with Crippen LogP contribution in [0.3, 0.4) is 0 Å². The molecule has 0 fully saturated rings. The van der Waals surface area contributed by atoms with Gasteiger partial charge >= 0.3 is 0 Å². The summed E-state index contributed by atoms with van der Waals surface area (Å²) in [5, 5.41) is 9.03. The van der Waals surface area contributed by atoms with Gasteiger partial charge in [0.15, 0.2) is 0 Å². The largest absolute Gasteiger partial charge is 0.308 e. The number of hydrogen-bond acceptors (Lipinski definition) is 3. The van der Waals surface area contributed by atoms with Gasteiger partial charge in [-0.15, -0.1) is 0 Å². The summed E-state index contributed by atoms with van der Waals surface area (Å²) in [5.74, 6) is 0. The first-order chi connectivity index (χ1) is 10.0. The van der Waals surface area contributed by atoms with E-state index < -0.39 is 0 Å². The van der Waals surface area contributed by atoms with Crippen LogP contribution in [0, 0.1) is 6.92 Å². The van der Waals surface area contributed by atoms with Gasteiger partial charge in [0.05, 0.1) is 27.5 Å². The molecule has 114 valence electrons. The van der Waals surface area contributed by atoms with Crippen LogP contribution in [0.2, 0.25) is 10.0 Å². The lowest BCUT2D eigenvalue weighted by atomic mass is 10.1. The van der Waals surface area contributed by atoms with Crippen molar-refractivity contribution in [3.05, 3.63) is 45.5 Å². The second-order valence-electron chi connectivity index (χ2n) is 5.13. The van der Waals surface area contributed by atoms with Crippen LogP contribution < -0.4 is 5.32 Å². The molecule has 0 aliphatic carbocycles. The molecule has 0 aliphatic rings. The number of aromatic nitrogens is 3. The molecular weight excluding hydrogens is 307 g/mol. The summed E-state index contributed by atoms with van der Waals surface area (Å²) in [6.45, 7) is 5.03. The third kappa shape index (κ3) is 4.19. The Hall–Kier alpha value is -1.10. The first-order valence-electron chi connectivity index (χ1n) is 7.05. The van der Waals surface area contributed by atoms with Crippen LogP contribution in [0.4, 0.5) is 0 Å². The van der Waals surface area contributed by atoms with Crippen molar-refractivity contribution in [3.63, 3.8) is 0 Å². The van der Waals surface area contributed by atoms with E-state index >= 15 is 0 Å². The van der Waals surface area contributed by atoms with Gasteiger partial charge in [-0.1, -0.05) is 30.1 Å². The Labute approximate surface area is 135 Å². The Kier molecular flexibility index (Phi) is 5.62. The number of pyridine rings is 1. The van der Waals surface area contributed by atoms with E-state index in [0.717, 1.165) is 36.5 Å². The zero-order chi connectivity index (χ0) is 15.4. The monoisotopic (exact) mass is 326 g/mol. The number of halogens is 2. The maximum atomic E-state index is 6.31. The van der Waals surface area contributed by atoms with Crippen LogP contribution in [0.25, 0.3) is 0 Å². The molecule has 6 heteroatoms. The summed E-state index contributed by atoms with van der Waals surface area (Å²) in [7, 11) is 1.95. The molecule has 0 amide bonds. The normalized spacial score (nSPS) is 12.6. The molecule has 4 nitrogen and oxygen atoms in total. The number of aryl methyl sites for hydroxylation is 2. The highest BCUT2D eigenvalue weighted by molar-refractivity contribution is 6.34. The van der Waals surface area contributed by atoms with Crippen molar-refractivity contribution in [2.24, 2.45) is 7.05 Å². The zero-order valence-electron chi connectivity index (χ0n) is 12.5. The number of nitrogens with one attached hydrogen (secondary N) is 1. The van der Waals surface area contributed by atoms with Crippen molar-refractivity contribution < 1.29 is 0 Å². The average molecular weight is 327 g/mol. The highest BCUT2D eigenvalue weighted by atomic mass is 35.5. The summed E-state index contributed by atoms with van der Waals surface area (Å²) < 4.78 is 1.90. The average Bonchev–Trinajstić information content (AvgIpc) is 2.73. The second kappa shape index (κ2) is 7.25. The van der Waals surface area contributed by atoms with E-state index in [4.69, 9.17) is 23.2 Å². The minimum Gasteiger partial charge on any atom is -0.308 e. The van der Waals surface area contributed by atoms with Gasteiger partial charge in [0.25, 0.3) is 0 Å². The van der Waals surface area contributed by atoms with E-state index in [9.17, 15) is 0 Å². The van der Waals surface area contributed by atoms with E-state index in [1.807, 2.05) is 18.7 Å². The fourth-order valence-electron chi connectivity index (χ4n) is 2.33. The smallest absolute Gasteiger partial charge is 0.0764 e. The second-order valence-corrected chi connectivity index (χ2v) is 5.98. The van der Waals surface area contributed by atoms with Crippen LogP contribution in [-0.4, -0.2) is 21.3 Å². The molecule has 0 aliphatic heterocycles. The van der Waals surface area contributed by atoms with E-state index in [1.165, 1.54) is 0 Å². The van der Waals surface area contributed by atoms with Gasteiger partial charge in [-0.05, 0) is 32.0 Å². The molecule has 1 atom stereocenters. The summed E-state index contributed by atoms with van der Waals surface area (Å²) >= 11 is 12.2. The van der Waals surface area contributed by atoms with Crippen LogP contribution >= 0.6 is 23.2 Å². The summed E-state index contributed by atoms with van der Waals surface area (Å²) in [6.07, 6.45) is 3.47. The molecule has 1 unspecified atom stereocenters. The van der Waals surface area contributed by atoms with Crippen molar-refractivity contribution in [2.75, 3.05) is 6.54 Å². The molecule has 2 aromatic heterocycles. The molecule has 2 heterocycles. The highest BCUT2D eigenvalue weighted by Gasteiger charge is 2.18. The van der Waals surface area contributed by atoms with Gasteiger partial charge in [-0.2, -0.15) is 5.10 Å². The molecule has 2 rings (SSSR count). The Morgan fingerprint density at radius 1 is 1.33 bits per heavy atom. The van der Waals surface area contributed by atoms with Gasteiger partial charge < -0.3 is 5.32 Å². The molecule has 1 N–H and O–H groups in total. The van der Waals surface area contributed by atoms with Crippen molar-refractivity contribution in [1.82, 2.24) is 20.1 Å². The van der Waals surface area contributed by atoms with Gasteiger partial charge in [0.2, 0.25) is 0 Å². The van der Waals surface area contributed by atoms with Crippen molar-refractivity contribution in [1.29, 1.82) is 0 Å². The van der Waals surface area contributed by atoms with Gasteiger partial charge in [0.1, 0.15) is 0 Å². The lowest BCUT2D eigenvalue weighted by Gasteiger charge is -2.19. The van der Waals surface area contributed by atoms with E-state index in [1.54, 1.807) is 12.3 Å². The third-order valence-electron chi connectivity index (χ3n) is 3.32. The summed E-state index contributed by atoms with van der Waals surface area (Å²) in [6, 6.07) is 3.87. The van der Waals surface area contributed by atoms with Gasteiger partial charge in [-0.3, -0.25) is 9.67 Å². The summed E-state index contributed by atoms with van der Waals surface area (Å²) in [5.41, 5.74) is 2.99. The molecule has 0 saturated carbocycles. The zero-order valence-corrected chi connectivity index (χ0v) is 14.0. The first kappa shape index (κ1) is 16.3. The molecule has 0 saturated heterocycles. The number of nitrogens with zero attached hydrogens (tertiary/aromatic N) is 3. The predicted octanol–water partition coefficient (Wildman–Crippen LogP) is 3.71. The fraction of sp³-hybridized carbons (Fsp3) is 0.467. The van der Waals surface area contributed by atoms with Crippen LogP contribution in [0.1, 0.15) is 36.5 Å². The van der Waals surface area contributed by atoms with E-state index in [-0.39, 0.29) is 6.04 Å². The molecule has 0 bridgehead atoms. The standard InChI is InChI=1S/C15H20Cl2N4/c1-4-5-18-14(8-12-6-10(2)20-21(12)3)15-13(17)7-11(16)9-19-15/h6-7,9,14,18H,4-5,8H2,1-3H3. The summed E-state index contributed by atoms with van der Waals surface area (Å²) in [4.78, 5) is 4.41. The fourth-order valence-corrected chi connectivity index (χ4v) is 2.84. The quantitative estimate of drug-likeness (QED) is 0.879. The SMILES string of the molecule is CCCNC(Cc1cc(C)nn1C)c1ncc(Cl)cc1Cl. The molecule has 0 aromatic carbocycles. The minimum atomic E-state index is 0.0458. The van der Waals surface area contributed by atoms with Crippen LogP contribution in [0.15, 0.2) is 18.3 Å². The molecule has 21 heavy (non-hydrogen) atoms. The minimum absolute atomic E-state index is 0.0458. The van der Waals surface area contributed by atoms with Crippen molar-refractivity contribution >= 4 is 23.2 Å². The third-order valence-corrected chi connectivity index (χ3v) is 3.83. The lowest BCUT2D eigenvalue weighted by Crippen LogP contribution is -2.26. The molecule has 0 radical (unpaired) electrons. The van der Waals surface area contributed by atoms with Gasteiger partial charge in [-0.25, -0.2) is 0 Å². The van der Waals surface area contributed by atoms with E-state index in [2.05, 4.69) is 28.4 Å². The predicted molar refractivity (Wildman–Crippen MR) is 86.9 cm³/mol.